The minimum absolute atomic E-state index is 0.0580. The topological polar surface area (TPSA) is 101 Å². The number of carbonyl (C=O) groups excluding carboxylic acids is 3. The minimum Gasteiger partial charge on any atom is -0.507 e. The monoisotopic (exact) mass is 418 g/mol. The Labute approximate surface area is 179 Å². The maximum atomic E-state index is 13.1. The predicted octanol–water partition coefficient (Wildman–Crippen LogP) is 4.38. The van der Waals surface area contributed by atoms with E-state index in [9.17, 15) is 24.6 Å². The molecule has 0 fully saturated rings. The Morgan fingerprint density at radius 3 is 2.29 bits per heavy atom. The first-order valence-corrected chi connectivity index (χ1v) is 9.70. The van der Waals surface area contributed by atoms with Crippen molar-refractivity contribution in [2.45, 2.75) is 26.4 Å². The summed E-state index contributed by atoms with van der Waals surface area (Å²) < 4.78 is 5.51. The van der Waals surface area contributed by atoms with Gasteiger partial charge in [-0.25, -0.2) is 4.79 Å². The standard InChI is InChI=1S/C25H22O6/c1-15(2)8-12-21(31-22(29)13-9-16-6-4-3-5-7-16)17-14-20(28)23-18(26)10-11-19(27)24(23)25(17)30/h3-11,13-14,21,26-27H,12H2,1-2H3/b13-9+/t21-/m0/s1. The van der Waals surface area contributed by atoms with Crippen molar-refractivity contribution in [3.63, 3.8) is 0 Å². The van der Waals surface area contributed by atoms with Crippen LogP contribution in [0.4, 0.5) is 0 Å². The Kier molecular flexibility index (Phi) is 6.50. The molecule has 0 aliphatic heterocycles. The van der Waals surface area contributed by atoms with Gasteiger partial charge in [-0.15, -0.1) is 0 Å². The lowest BCUT2D eigenvalue weighted by Gasteiger charge is -2.23. The van der Waals surface area contributed by atoms with Crippen molar-refractivity contribution >= 4 is 23.6 Å². The lowest BCUT2D eigenvalue weighted by molar-refractivity contribution is -0.140. The number of hydrogen-bond donors (Lipinski definition) is 2. The van der Waals surface area contributed by atoms with Gasteiger partial charge in [-0.1, -0.05) is 42.0 Å². The molecule has 6 heteroatoms. The van der Waals surface area contributed by atoms with E-state index in [0.29, 0.717) is 0 Å². The molecule has 0 heterocycles. The molecule has 2 aromatic rings. The molecule has 0 spiro atoms. The molecule has 31 heavy (non-hydrogen) atoms. The van der Waals surface area contributed by atoms with Crippen molar-refractivity contribution in [1.29, 1.82) is 0 Å². The van der Waals surface area contributed by atoms with Crippen molar-refractivity contribution in [2.75, 3.05) is 0 Å². The number of aromatic hydroxyl groups is 2. The number of rotatable bonds is 6. The molecule has 0 unspecified atom stereocenters. The van der Waals surface area contributed by atoms with Crippen LogP contribution in [0.5, 0.6) is 11.5 Å². The van der Waals surface area contributed by atoms with Gasteiger partial charge in [-0.2, -0.15) is 0 Å². The Morgan fingerprint density at radius 1 is 1.00 bits per heavy atom. The molecule has 2 aromatic carbocycles. The summed E-state index contributed by atoms with van der Waals surface area (Å²) in [7, 11) is 0. The average molecular weight is 418 g/mol. The van der Waals surface area contributed by atoms with E-state index in [1.807, 2.05) is 44.2 Å². The Bertz CT molecular complexity index is 1120. The van der Waals surface area contributed by atoms with Crippen LogP contribution in [0.2, 0.25) is 0 Å². The zero-order valence-electron chi connectivity index (χ0n) is 17.2. The number of ketones is 2. The van der Waals surface area contributed by atoms with E-state index < -0.39 is 35.1 Å². The molecule has 158 valence electrons. The molecule has 1 atom stereocenters. The summed E-state index contributed by atoms with van der Waals surface area (Å²) >= 11 is 0. The van der Waals surface area contributed by atoms with Crippen LogP contribution in [-0.2, 0) is 9.53 Å². The zero-order chi connectivity index (χ0) is 22.5. The second kappa shape index (κ2) is 9.26. The maximum absolute atomic E-state index is 13.1. The van der Waals surface area contributed by atoms with Crippen LogP contribution in [0, 0.1) is 0 Å². The summed E-state index contributed by atoms with van der Waals surface area (Å²) in [4.78, 5) is 38.1. The Hall–Kier alpha value is -3.93. The van der Waals surface area contributed by atoms with Crippen molar-refractivity contribution in [3.8, 4) is 11.5 Å². The molecule has 0 aromatic heterocycles. The summed E-state index contributed by atoms with van der Waals surface area (Å²) in [5.74, 6) is -2.81. The third kappa shape index (κ3) is 4.98. The average Bonchev–Trinajstić information content (AvgIpc) is 2.74. The van der Waals surface area contributed by atoms with Gasteiger partial charge >= 0.3 is 5.97 Å². The Morgan fingerprint density at radius 2 is 1.65 bits per heavy atom. The number of ether oxygens (including phenoxy) is 1. The lowest BCUT2D eigenvalue weighted by atomic mass is 9.85. The number of fused-ring (bicyclic) bond motifs is 1. The van der Waals surface area contributed by atoms with Gasteiger partial charge in [0.1, 0.15) is 17.6 Å². The highest BCUT2D eigenvalue weighted by atomic mass is 16.5. The number of benzene rings is 2. The molecule has 6 nitrogen and oxygen atoms in total. The molecule has 0 saturated carbocycles. The van der Waals surface area contributed by atoms with Crippen molar-refractivity contribution in [2.24, 2.45) is 0 Å². The van der Waals surface area contributed by atoms with E-state index >= 15 is 0 Å². The smallest absolute Gasteiger partial charge is 0.331 e. The van der Waals surface area contributed by atoms with Crippen LogP contribution < -0.4 is 0 Å². The van der Waals surface area contributed by atoms with E-state index in [4.69, 9.17) is 4.74 Å². The first kappa shape index (κ1) is 21.8. The van der Waals surface area contributed by atoms with Crippen LogP contribution in [0.25, 0.3) is 6.08 Å². The van der Waals surface area contributed by atoms with Gasteiger partial charge < -0.3 is 14.9 Å². The summed E-state index contributed by atoms with van der Waals surface area (Å²) in [6.45, 7) is 3.71. The van der Waals surface area contributed by atoms with Crippen LogP contribution in [0.1, 0.15) is 46.5 Å². The van der Waals surface area contributed by atoms with Gasteiger partial charge in [0.15, 0.2) is 11.6 Å². The van der Waals surface area contributed by atoms with Gasteiger partial charge in [0.2, 0.25) is 0 Å². The molecule has 0 saturated heterocycles. The van der Waals surface area contributed by atoms with Crippen LogP contribution in [-0.4, -0.2) is 33.9 Å². The molecular formula is C25H22O6. The number of hydrogen-bond acceptors (Lipinski definition) is 6. The predicted molar refractivity (Wildman–Crippen MR) is 116 cm³/mol. The molecule has 0 amide bonds. The first-order valence-electron chi connectivity index (χ1n) is 9.70. The first-order chi connectivity index (χ1) is 14.8. The fourth-order valence-corrected chi connectivity index (χ4v) is 3.21. The van der Waals surface area contributed by atoms with Crippen LogP contribution in [0.3, 0.4) is 0 Å². The van der Waals surface area contributed by atoms with E-state index in [2.05, 4.69) is 0 Å². The third-order valence-corrected chi connectivity index (χ3v) is 4.74. The third-order valence-electron chi connectivity index (χ3n) is 4.74. The second-order valence-electron chi connectivity index (χ2n) is 7.33. The van der Waals surface area contributed by atoms with Crippen LogP contribution >= 0.6 is 0 Å². The number of phenols is 2. The van der Waals surface area contributed by atoms with Crippen molar-refractivity contribution in [1.82, 2.24) is 0 Å². The summed E-state index contributed by atoms with van der Waals surface area (Å²) in [6.07, 6.45) is 4.82. The fourth-order valence-electron chi connectivity index (χ4n) is 3.21. The molecule has 0 bridgehead atoms. The molecule has 0 radical (unpaired) electrons. The molecule has 2 N–H and O–H groups in total. The highest BCUT2D eigenvalue weighted by Crippen LogP contribution is 2.36. The molecule has 3 rings (SSSR count). The zero-order valence-corrected chi connectivity index (χ0v) is 17.2. The number of allylic oxidation sites excluding steroid dienone is 2. The van der Waals surface area contributed by atoms with Gasteiger partial charge in [-0.3, -0.25) is 9.59 Å². The van der Waals surface area contributed by atoms with E-state index in [1.165, 1.54) is 6.08 Å². The highest BCUT2D eigenvalue weighted by Gasteiger charge is 2.35. The lowest BCUT2D eigenvalue weighted by Crippen LogP contribution is -2.28. The number of Topliss-reactive ketones (excluding diaryl/α,β-unsaturated/α-hetero) is 1. The minimum atomic E-state index is -1.03. The molecular weight excluding hydrogens is 396 g/mol. The number of esters is 1. The van der Waals surface area contributed by atoms with E-state index in [1.54, 1.807) is 12.2 Å². The summed E-state index contributed by atoms with van der Waals surface area (Å²) in [5.41, 5.74) is 1.14. The molecule has 1 aliphatic carbocycles. The molecule has 1 aliphatic rings. The normalized spacial score (nSPS) is 14.1. The Balaban J connectivity index is 1.92. The second-order valence-corrected chi connectivity index (χ2v) is 7.33. The van der Waals surface area contributed by atoms with Gasteiger partial charge in [0, 0.05) is 18.1 Å². The van der Waals surface area contributed by atoms with Crippen LogP contribution in [0.15, 0.2) is 71.8 Å². The quantitative estimate of drug-likeness (QED) is 0.312. The largest absolute Gasteiger partial charge is 0.507 e. The van der Waals surface area contributed by atoms with E-state index in [-0.39, 0.29) is 23.1 Å². The number of carbonyl (C=O) groups is 3. The van der Waals surface area contributed by atoms with Gasteiger partial charge in [-0.05, 0) is 43.7 Å². The van der Waals surface area contributed by atoms with E-state index in [0.717, 1.165) is 29.3 Å². The number of phenolic OH excluding ortho intramolecular Hbond substituents is 2. The van der Waals surface area contributed by atoms with Crippen molar-refractivity contribution in [3.05, 3.63) is 88.5 Å². The fraction of sp³-hybridized carbons (Fsp3) is 0.160. The SMILES string of the molecule is CC(C)=CC[C@H](OC(=O)/C=C/c1ccccc1)C1=CC(=O)c2c(O)ccc(O)c2C1=O. The highest BCUT2D eigenvalue weighted by molar-refractivity contribution is 6.27. The van der Waals surface area contributed by atoms with Gasteiger partial charge in [0.25, 0.3) is 0 Å². The maximum Gasteiger partial charge on any atom is 0.331 e. The summed E-state index contributed by atoms with van der Waals surface area (Å²) in [5, 5.41) is 20.1. The van der Waals surface area contributed by atoms with Crippen molar-refractivity contribution < 1.29 is 29.3 Å². The van der Waals surface area contributed by atoms with Gasteiger partial charge in [0.05, 0.1) is 11.1 Å². The summed E-state index contributed by atoms with van der Waals surface area (Å²) in [6, 6.07) is 11.5.